The van der Waals surface area contributed by atoms with Gasteiger partial charge in [0, 0.05) is 54.5 Å². The Balaban J connectivity index is 1.16. The van der Waals surface area contributed by atoms with Gasteiger partial charge in [-0.05, 0) is 50.6 Å². The number of nitrogens with two attached hydrogens (primary N) is 1. The summed E-state index contributed by atoms with van der Waals surface area (Å²) in [5.41, 5.74) is 8.57. The number of aryl methyl sites for hydroxylation is 1. The first-order valence-corrected chi connectivity index (χ1v) is 13.3. The predicted molar refractivity (Wildman–Crippen MR) is 142 cm³/mol. The second-order valence-electron chi connectivity index (χ2n) is 10.4. The molecule has 6 rings (SSSR count). The highest BCUT2D eigenvalue weighted by Gasteiger charge is 2.59. The lowest BCUT2D eigenvalue weighted by Gasteiger charge is -2.22. The number of ether oxygens (including phenoxy) is 1. The minimum Gasteiger partial charge on any atom is -0.474 e. The molecule has 2 aliphatic rings. The van der Waals surface area contributed by atoms with E-state index in [4.69, 9.17) is 10.5 Å². The molecule has 2 N–H and O–H groups in total. The van der Waals surface area contributed by atoms with E-state index in [1.807, 2.05) is 43.9 Å². The van der Waals surface area contributed by atoms with Crippen LogP contribution < -0.4 is 10.5 Å². The highest BCUT2D eigenvalue weighted by Crippen LogP contribution is 2.48. The predicted octanol–water partition coefficient (Wildman–Crippen LogP) is 4.45. The summed E-state index contributed by atoms with van der Waals surface area (Å²) in [5, 5.41) is 0.639. The Labute approximate surface area is 223 Å². The van der Waals surface area contributed by atoms with Gasteiger partial charge in [0.1, 0.15) is 16.8 Å². The first-order valence-electron chi connectivity index (χ1n) is 12.5. The molecule has 1 aliphatic carbocycles. The van der Waals surface area contributed by atoms with Crippen LogP contribution in [0.2, 0.25) is 0 Å². The topological polar surface area (TPSA) is 107 Å². The molecule has 4 heterocycles. The molecule has 1 amide bonds. The zero-order valence-corrected chi connectivity index (χ0v) is 22.1. The third-order valence-electron chi connectivity index (χ3n) is 7.07. The summed E-state index contributed by atoms with van der Waals surface area (Å²) in [7, 11) is 0. The van der Waals surface area contributed by atoms with E-state index in [0.717, 1.165) is 5.56 Å². The van der Waals surface area contributed by atoms with Gasteiger partial charge in [0.05, 0.1) is 11.4 Å². The molecule has 2 unspecified atom stereocenters. The largest absolute Gasteiger partial charge is 0.474 e. The maximum absolute atomic E-state index is 13.9. The number of aromatic nitrogens is 4. The smallest absolute Gasteiger partial charge is 0.265 e. The number of carbonyl (C=O) groups is 1. The van der Waals surface area contributed by atoms with Crippen LogP contribution in [0.5, 0.6) is 5.88 Å². The summed E-state index contributed by atoms with van der Waals surface area (Å²) in [6.07, 6.45) is 3.29. The van der Waals surface area contributed by atoms with E-state index in [2.05, 4.69) is 19.9 Å². The zero-order valence-electron chi connectivity index (χ0n) is 21.3. The second kappa shape index (κ2) is 9.21. The van der Waals surface area contributed by atoms with Crippen LogP contribution in [0.1, 0.15) is 34.8 Å². The van der Waals surface area contributed by atoms with Crippen molar-refractivity contribution < 1.29 is 13.9 Å². The van der Waals surface area contributed by atoms with Gasteiger partial charge in [0.15, 0.2) is 10.8 Å². The highest BCUT2D eigenvalue weighted by molar-refractivity contribution is 7.17. The number of thiazole rings is 1. The van der Waals surface area contributed by atoms with E-state index in [1.54, 1.807) is 24.5 Å². The molecule has 2 fully saturated rings. The van der Waals surface area contributed by atoms with Gasteiger partial charge in [0.25, 0.3) is 5.91 Å². The third kappa shape index (κ3) is 4.65. The van der Waals surface area contributed by atoms with Crippen LogP contribution in [0, 0.1) is 24.6 Å². The monoisotopic (exact) mass is 530 g/mol. The molecule has 1 aromatic carbocycles. The molecular weight excluding hydrogens is 503 g/mol. The molecule has 1 aliphatic heterocycles. The molecular formula is C28H27FN6O2S. The summed E-state index contributed by atoms with van der Waals surface area (Å²) in [6.45, 7) is 6.89. The summed E-state index contributed by atoms with van der Waals surface area (Å²) in [4.78, 5) is 33.4. The Morgan fingerprint density at radius 1 is 1.11 bits per heavy atom. The number of carbonyl (C=O) groups excluding carboxylic acids is 1. The van der Waals surface area contributed by atoms with Crippen LogP contribution >= 0.6 is 11.3 Å². The molecule has 0 radical (unpaired) electrons. The Bertz CT molecular complexity index is 1510. The van der Waals surface area contributed by atoms with Crippen LogP contribution in [-0.4, -0.2) is 49.9 Å². The minimum absolute atomic E-state index is 0.0217. The summed E-state index contributed by atoms with van der Waals surface area (Å²) < 4.78 is 20.2. The maximum atomic E-state index is 13.9. The minimum atomic E-state index is -0.623. The van der Waals surface area contributed by atoms with E-state index in [1.165, 1.54) is 23.5 Å². The average Bonchev–Trinajstić information content (AvgIpc) is 3.22. The number of likely N-dealkylation sites (tertiary alicyclic amines) is 1. The quantitative estimate of drug-likeness (QED) is 0.392. The lowest BCUT2D eigenvalue weighted by molar-refractivity contribution is 0.0755. The van der Waals surface area contributed by atoms with Gasteiger partial charge >= 0.3 is 0 Å². The van der Waals surface area contributed by atoms with Crippen molar-refractivity contribution in [3.05, 3.63) is 76.8 Å². The number of hydrogen-bond acceptors (Lipinski definition) is 8. The van der Waals surface area contributed by atoms with E-state index in [-0.39, 0.29) is 29.7 Å². The molecule has 2 atom stereocenters. The fourth-order valence-electron chi connectivity index (χ4n) is 4.93. The fraction of sp³-hybridized carbons (Fsp3) is 0.321. The number of benzene rings is 1. The van der Waals surface area contributed by atoms with Crippen molar-refractivity contribution in [1.29, 1.82) is 0 Å². The van der Waals surface area contributed by atoms with Gasteiger partial charge in [-0.3, -0.25) is 4.79 Å². The average molecular weight is 531 g/mol. The van der Waals surface area contributed by atoms with Crippen molar-refractivity contribution in [3.63, 3.8) is 0 Å². The fourth-order valence-corrected chi connectivity index (χ4v) is 5.91. The van der Waals surface area contributed by atoms with Gasteiger partial charge < -0.3 is 15.4 Å². The Morgan fingerprint density at radius 2 is 1.84 bits per heavy atom. The number of fused-ring (bicyclic) bond motifs is 1. The van der Waals surface area contributed by atoms with Gasteiger partial charge in [0.2, 0.25) is 5.88 Å². The van der Waals surface area contributed by atoms with Crippen LogP contribution in [-0.2, 0) is 5.54 Å². The summed E-state index contributed by atoms with van der Waals surface area (Å²) >= 11 is 1.32. The molecule has 0 bridgehead atoms. The molecule has 194 valence electrons. The lowest BCUT2D eigenvalue weighted by Crippen LogP contribution is -2.33. The highest BCUT2D eigenvalue weighted by atomic mass is 32.1. The number of halogens is 1. The maximum Gasteiger partial charge on any atom is 0.265 e. The number of rotatable bonds is 6. The lowest BCUT2D eigenvalue weighted by atomic mass is 9.95. The number of hydrogen-bond donors (Lipinski definition) is 1. The standard InChI is InChI=1S/C28H27FN6O2S/c1-15-24(38-26(33-15)25-31-8-5-9-32-25)27(36)35-13-19-20(14-35)23(19)37-22-12-17(28(2,3)30)11-21(34-22)16-6-4-7-18(29)10-16/h4-12,19-20,23H,13-14,30H2,1-3H3. The van der Waals surface area contributed by atoms with Crippen molar-refractivity contribution in [3.8, 4) is 28.0 Å². The molecule has 1 saturated carbocycles. The number of piperidine rings is 1. The van der Waals surface area contributed by atoms with Crippen LogP contribution in [0.15, 0.2) is 54.9 Å². The summed E-state index contributed by atoms with van der Waals surface area (Å²) in [5.74, 6) is 1.10. The van der Waals surface area contributed by atoms with Gasteiger partial charge in [-0.1, -0.05) is 12.1 Å². The second-order valence-corrected chi connectivity index (χ2v) is 11.4. The van der Waals surface area contributed by atoms with Crippen LogP contribution in [0.25, 0.3) is 22.1 Å². The molecule has 3 aromatic heterocycles. The van der Waals surface area contributed by atoms with Crippen molar-refractivity contribution in [1.82, 2.24) is 24.8 Å². The van der Waals surface area contributed by atoms with Gasteiger partial charge in [-0.25, -0.2) is 24.3 Å². The first-order chi connectivity index (χ1) is 18.2. The molecule has 10 heteroatoms. The Hall–Kier alpha value is -3.76. The van der Waals surface area contributed by atoms with Gasteiger partial charge in [-0.2, -0.15) is 0 Å². The SMILES string of the molecule is Cc1nc(-c2ncccn2)sc1C(=O)N1CC2C(C1)C2Oc1cc(C(C)(C)N)cc(-c2cccc(F)c2)n1. The molecule has 38 heavy (non-hydrogen) atoms. The third-order valence-corrected chi connectivity index (χ3v) is 8.21. The van der Waals surface area contributed by atoms with Gasteiger partial charge in [-0.15, -0.1) is 11.3 Å². The van der Waals surface area contributed by atoms with E-state index >= 15 is 0 Å². The van der Waals surface area contributed by atoms with Crippen molar-refractivity contribution in [2.75, 3.05) is 13.1 Å². The molecule has 0 spiro atoms. The molecule has 8 nitrogen and oxygen atoms in total. The van der Waals surface area contributed by atoms with E-state index in [0.29, 0.717) is 51.6 Å². The number of amides is 1. The van der Waals surface area contributed by atoms with E-state index < -0.39 is 5.54 Å². The van der Waals surface area contributed by atoms with Crippen molar-refractivity contribution >= 4 is 17.2 Å². The number of nitrogens with zero attached hydrogens (tertiary/aromatic N) is 5. The van der Waals surface area contributed by atoms with Crippen LogP contribution in [0.4, 0.5) is 4.39 Å². The van der Waals surface area contributed by atoms with E-state index in [9.17, 15) is 9.18 Å². The first kappa shape index (κ1) is 24.6. The Morgan fingerprint density at radius 3 is 2.53 bits per heavy atom. The normalized spacial score (nSPS) is 20.3. The molecule has 4 aromatic rings. The summed E-state index contributed by atoms with van der Waals surface area (Å²) in [6, 6.07) is 11.8. The van der Waals surface area contributed by atoms with Crippen molar-refractivity contribution in [2.45, 2.75) is 32.4 Å². The molecule has 1 saturated heterocycles. The van der Waals surface area contributed by atoms with Crippen LogP contribution in [0.3, 0.4) is 0 Å². The Kier molecular flexibility index (Phi) is 5.96. The zero-order chi connectivity index (χ0) is 26.6. The van der Waals surface area contributed by atoms with Crippen molar-refractivity contribution in [2.24, 2.45) is 17.6 Å². The number of pyridine rings is 1.